The molecule has 0 amide bonds. The highest BCUT2D eigenvalue weighted by Crippen LogP contribution is 2.11. The number of fused-ring (bicyclic) bond motifs is 3. The Hall–Kier alpha value is -4.05. The molecule has 4 heteroatoms. The minimum Gasteiger partial charge on any atom is -0.256 e. The van der Waals surface area contributed by atoms with Gasteiger partial charge < -0.3 is 0 Å². The van der Waals surface area contributed by atoms with Crippen LogP contribution in [0.4, 0.5) is 0 Å². The fraction of sp³-hybridized carbons (Fsp3) is 0. The summed E-state index contributed by atoms with van der Waals surface area (Å²) in [7, 11) is 0. The average Bonchev–Trinajstić information content (AvgIpc) is 3.29. The zero-order chi connectivity index (χ0) is 19.7. The lowest BCUT2D eigenvalue weighted by molar-refractivity contribution is 0.315. The second-order valence-corrected chi connectivity index (χ2v) is 6.30. The zero-order valence-corrected chi connectivity index (χ0v) is 15.7. The van der Waals surface area contributed by atoms with Crippen molar-refractivity contribution in [1.29, 1.82) is 0 Å². The van der Waals surface area contributed by atoms with Gasteiger partial charge in [-0.15, -0.1) is 0 Å². The first-order chi connectivity index (χ1) is 14.4. The summed E-state index contributed by atoms with van der Waals surface area (Å²) in [6.45, 7) is 0. The predicted octanol–water partition coefficient (Wildman–Crippen LogP) is 6.30. The summed E-state index contributed by atoms with van der Waals surface area (Å²) in [5, 5.41) is 11.1. The molecule has 4 aromatic carbocycles. The van der Waals surface area contributed by atoms with Crippen LogP contribution in [0, 0.1) is 0 Å². The molecule has 140 valence electrons. The van der Waals surface area contributed by atoms with Crippen LogP contribution < -0.4 is 0 Å². The van der Waals surface area contributed by atoms with Gasteiger partial charge in [0.1, 0.15) is 11.0 Å². The summed E-state index contributed by atoms with van der Waals surface area (Å²) in [6, 6.07) is 36.3. The van der Waals surface area contributed by atoms with E-state index in [4.69, 9.17) is 0 Å². The van der Waals surface area contributed by atoms with Gasteiger partial charge in [-0.25, -0.2) is 4.63 Å². The van der Waals surface area contributed by atoms with E-state index in [0.29, 0.717) is 0 Å². The molecule has 0 aliphatic rings. The number of aromatic nitrogens is 3. The molecule has 0 aliphatic carbocycles. The van der Waals surface area contributed by atoms with E-state index in [1.807, 2.05) is 54.7 Å². The van der Waals surface area contributed by atoms with Crippen LogP contribution in [-0.4, -0.2) is 15.3 Å². The van der Waals surface area contributed by atoms with Crippen LogP contribution in [-0.2, 0) is 0 Å². The van der Waals surface area contributed by atoms with E-state index in [9.17, 15) is 0 Å². The van der Waals surface area contributed by atoms with E-state index in [1.54, 1.807) is 0 Å². The first-order valence-electron chi connectivity index (χ1n) is 9.31. The Kier molecular flexibility index (Phi) is 5.84. The third-order valence-electron chi connectivity index (χ3n) is 4.33. The number of hydrogen-bond donors (Lipinski definition) is 0. The minimum atomic E-state index is 0.803. The maximum atomic E-state index is 4.46. The SMILES string of the molecule is c1ccc2ccccc2c1.c1ccc2ncccc2c1.c1ccc2nonc2c1. The van der Waals surface area contributed by atoms with Gasteiger partial charge in [-0.2, -0.15) is 0 Å². The molecule has 0 fully saturated rings. The van der Waals surface area contributed by atoms with Crippen molar-refractivity contribution >= 4 is 32.7 Å². The summed E-state index contributed by atoms with van der Waals surface area (Å²) in [5.41, 5.74) is 2.67. The van der Waals surface area contributed by atoms with Gasteiger partial charge in [-0.05, 0) is 45.4 Å². The van der Waals surface area contributed by atoms with Crippen LogP contribution in [0.3, 0.4) is 0 Å². The lowest BCUT2D eigenvalue weighted by Crippen LogP contribution is -1.73. The van der Waals surface area contributed by atoms with Gasteiger partial charge in [0.15, 0.2) is 0 Å². The molecule has 4 nitrogen and oxygen atoms in total. The Morgan fingerprint density at radius 3 is 1.34 bits per heavy atom. The molecule has 6 aromatic rings. The van der Waals surface area contributed by atoms with Crippen molar-refractivity contribution in [2.45, 2.75) is 0 Å². The number of hydrogen-bond acceptors (Lipinski definition) is 4. The van der Waals surface area contributed by atoms with Crippen molar-refractivity contribution in [2.75, 3.05) is 0 Å². The summed E-state index contributed by atoms with van der Waals surface area (Å²) in [6.07, 6.45) is 1.81. The highest BCUT2D eigenvalue weighted by molar-refractivity contribution is 5.82. The number of benzene rings is 4. The lowest BCUT2D eigenvalue weighted by Gasteiger charge is -1.92. The maximum Gasteiger partial charge on any atom is 0.135 e. The van der Waals surface area contributed by atoms with Gasteiger partial charge in [0, 0.05) is 11.6 Å². The van der Waals surface area contributed by atoms with E-state index in [1.165, 1.54) is 16.2 Å². The van der Waals surface area contributed by atoms with Crippen LogP contribution in [0.2, 0.25) is 0 Å². The van der Waals surface area contributed by atoms with Gasteiger partial charge in [0.25, 0.3) is 0 Å². The molecule has 29 heavy (non-hydrogen) atoms. The molecule has 0 aliphatic heterocycles. The number of pyridine rings is 1. The van der Waals surface area contributed by atoms with Crippen molar-refractivity contribution in [1.82, 2.24) is 15.3 Å². The number of rotatable bonds is 0. The molecule has 0 saturated carbocycles. The van der Waals surface area contributed by atoms with Gasteiger partial charge in [0.05, 0.1) is 5.52 Å². The van der Waals surface area contributed by atoms with Crippen LogP contribution in [0.1, 0.15) is 0 Å². The Balaban J connectivity index is 0.000000106. The maximum absolute atomic E-state index is 4.46. The van der Waals surface area contributed by atoms with Crippen LogP contribution in [0.5, 0.6) is 0 Å². The normalized spacial score (nSPS) is 10.1. The average molecular weight is 377 g/mol. The molecule has 6 rings (SSSR count). The van der Waals surface area contributed by atoms with Crippen LogP contribution in [0.15, 0.2) is 120 Å². The third kappa shape index (κ3) is 4.82. The highest BCUT2D eigenvalue weighted by atomic mass is 16.6. The van der Waals surface area contributed by atoms with Crippen molar-refractivity contribution in [3.05, 3.63) is 115 Å². The summed E-state index contributed by atoms with van der Waals surface area (Å²) >= 11 is 0. The van der Waals surface area contributed by atoms with Gasteiger partial charge in [-0.3, -0.25) is 4.98 Å². The first-order valence-corrected chi connectivity index (χ1v) is 9.31. The second-order valence-electron chi connectivity index (χ2n) is 6.30. The number of para-hydroxylation sites is 1. The Bertz CT molecular complexity index is 1100. The topological polar surface area (TPSA) is 51.8 Å². The van der Waals surface area contributed by atoms with Crippen molar-refractivity contribution in [3.63, 3.8) is 0 Å². The van der Waals surface area contributed by atoms with E-state index < -0.39 is 0 Å². The zero-order valence-electron chi connectivity index (χ0n) is 15.7. The second kappa shape index (κ2) is 9.24. The molecule has 0 atom stereocenters. The Morgan fingerprint density at radius 2 is 0.828 bits per heavy atom. The quantitative estimate of drug-likeness (QED) is 0.312. The van der Waals surface area contributed by atoms with Crippen molar-refractivity contribution in [3.8, 4) is 0 Å². The molecular formula is C25H19N3O. The first kappa shape index (κ1) is 18.3. The fourth-order valence-electron chi connectivity index (χ4n) is 2.88. The van der Waals surface area contributed by atoms with Gasteiger partial charge in [0.2, 0.25) is 0 Å². The standard InChI is InChI=1S/C10H8.C9H7N.C6H4N2O/c1-2-6-10-8-4-3-7-9(10)5-1;1-2-6-9-8(4-1)5-3-7-10-9;1-2-4-6-5(3-1)7-9-8-6/h1-8H;1-7H;1-4H. The summed E-state index contributed by atoms with van der Waals surface area (Å²) < 4.78 is 4.46. The number of nitrogens with zero attached hydrogens (tertiary/aromatic N) is 3. The van der Waals surface area contributed by atoms with E-state index in [2.05, 4.69) is 80.6 Å². The lowest BCUT2D eigenvalue weighted by atomic mass is 10.1. The molecule has 0 unspecified atom stereocenters. The summed E-state index contributed by atoms with van der Waals surface area (Å²) in [4.78, 5) is 4.18. The van der Waals surface area contributed by atoms with Gasteiger partial charge >= 0.3 is 0 Å². The van der Waals surface area contributed by atoms with E-state index in [-0.39, 0.29) is 0 Å². The smallest absolute Gasteiger partial charge is 0.135 e. The van der Waals surface area contributed by atoms with Gasteiger partial charge in [-0.1, -0.05) is 84.9 Å². The molecule has 0 radical (unpaired) electrons. The van der Waals surface area contributed by atoms with Crippen LogP contribution >= 0.6 is 0 Å². The third-order valence-corrected chi connectivity index (χ3v) is 4.33. The summed E-state index contributed by atoms with van der Waals surface area (Å²) in [5.74, 6) is 0. The van der Waals surface area contributed by atoms with Crippen LogP contribution in [0.25, 0.3) is 32.7 Å². The molecule has 0 bridgehead atoms. The molecular weight excluding hydrogens is 358 g/mol. The largest absolute Gasteiger partial charge is 0.256 e. The minimum absolute atomic E-state index is 0.803. The van der Waals surface area contributed by atoms with E-state index in [0.717, 1.165) is 16.6 Å². The fourth-order valence-corrected chi connectivity index (χ4v) is 2.88. The molecule has 0 spiro atoms. The van der Waals surface area contributed by atoms with E-state index >= 15 is 0 Å². The molecule has 2 heterocycles. The molecule has 2 aromatic heterocycles. The predicted molar refractivity (Wildman–Crippen MR) is 117 cm³/mol. The Labute approximate surface area is 168 Å². The molecule has 0 saturated heterocycles. The molecule has 0 N–H and O–H groups in total. The van der Waals surface area contributed by atoms with Crippen molar-refractivity contribution in [2.24, 2.45) is 0 Å². The Morgan fingerprint density at radius 1 is 0.414 bits per heavy atom. The monoisotopic (exact) mass is 377 g/mol. The highest BCUT2D eigenvalue weighted by Gasteiger charge is 1.93. The van der Waals surface area contributed by atoms with Crippen molar-refractivity contribution < 1.29 is 4.63 Å².